The normalized spacial score (nSPS) is 30.6. The summed E-state index contributed by atoms with van der Waals surface area (Å²) in [6.45, 7) is 12.0. The molecule has 1 aliphatic heterocycles. The van der Waals surface area contributed by atoms with Gasteiger partial charge in [0.2, 0.25) is 0 Å². The van der Waals surface area contributed by atoms with Crippen molar-refractivity contribution in [3.8, 4) is 0 Å². The van der Waals surface area contributed by atoms with E-state index in [1.54, 1.807) is 0 Å². The van der Waals surface area contributed by atoms with Crippen LogP contribution in [0.25, 0.3) is 0 Å². The Balaban J connectivity index is 2.74. The van der Waals surface area contributed by atoms with Crippen molar-refractivity contribution in [2.45, 2.75) is 65.2 Å². The van der Waals surface area contributed by atoms with E-state index >= 15 is 0 Å². The van der Waals surface area contributed by atoms with E-state index in [4.69, 9.17) is 0 Å². The van der Waals surface area contributed by atoms with E-state index < -0.39 is 12.6 Å². The van der Waals surface area contributed by atoms with Gasteiger partial charge in [0.05, 0.1) is 6.42 Å². The lowest BCUT2D eigenvalue weighted by atomic mass is 9.81. The van der Waals surface area contributed by atoms with E-state index in [1.807, 2.05) is 11.8 Å². The van der Waals surface area contributed by atoms with Crippen LogP contribution in [0.2, 0.25) is 0 Å². The SMILES string of the molecule is CCC1(C)CNC(C(C)(C)C)CN1CCC(F)(F)F. The van der Waals surface area contributed by atoms with E-state index in [9.17, 15) is 13.2 Å². The summed E-state index contributed by atoms with van der Waals surface area (Å²) in [4.78, 5) is 2.02. The van der Waals surface area contributed by atoms with Crippen LogP contribution in [0.3, 0.4) is 0 Å². The summed E-state index contributed by atoms with van der Waals surface area (Å²) in [7, 11) is 0. The molecular weight excluding hydrogens is 253 g/mol. The van der Waals surface area contributed by atoms with Crippen molar-refractivity contribution < 1.29 is 13.2 Å². The molecule has 0 saturated carbocycles. The van der Waals surface area contributed by atoms with Crippen molar-refractivity contribution in [2.24, 2.45) is 5.41 Å². The van der Waals surface area contributed by atoms with Gasteiger partial charge < -0.3 is 5.32 Å². The average molecular weight is 280 g/mol. The molecule has 1 N–H and O–H groups in total. The second-order valence-electron chi connectivity index (χ2n) is 6.96. The highest BCUT2D eigenvalue weighted by Crippen LogP contribution is 2.31. The average Bonchev–Trinajstić information content (AvgIpc) is 2.25. The molecule has 0 amide bonds. The molecule has 5 heteroatoms. The molecule has 0 aromatic carbocycles. The van der Waals surface area contributed by atoms with Gasteiger partial charge in [-0.1, -0.05) is 27.7 Å². The highest BCUT2D eigenvalue weighted by Gasteiger charge is 2.41. The summed E-state index contributed by atoms with van der Waals surface area (Å²) >= 11 is 0. The quantitative estimate of drug-likeness (QED) is 0.852. The lowest BCUT2D eigenvalue weighted by Gasteiger charge is -2.51. The molecule has 2 atom stereocenters. The second-order valence-corrected chi connectivity index (χ2v) is 6.96. The monoisotopic (exact) mass is 280 g/mol. The Hall–Kier alpha value is -0.290. The topological polar surface area (TPSA) is 15.3 Å². The van der Waals surface area contributed by atoms with Crippen LogP contribution in [0.1, 0.15) is 47.5 Å². The molecule has 19 heavy (non-hydrogen) atoms. The molecule has 1 fully saturated rings. The Kier molecular flexibility index (Phi) is 4.94. The number of hydrogen-bond acceptors (Lipinski definition) is 2. The van der Waals surface area contributed by atoms with Crippen LogP contribution in [0.4, 0.5) is 13.2 Å². The fraction of sp³-hybridized carbons (Fsp3) is 1.00. The molecule has 1 saturated heterocycles. The molecule has 0 bridgehead atoms. The molecule has 114 valence electrons. The van der Waals surface area contributed by atoms with E-state index in [2.05, 4.69) is 33.0 Å². The van der Waals surface area contributed by atoms with Gasteiger partial charge in [-0.3, -0.25) is 4.90 Å². The predicted octanol–water partition coefficient (Wildman–Crippen LogP) is 3.43. The first kappa shape index (κ1) is 16.8. The molecule has 0 aliphatic carbocycles. The molecule has 0 aromatic rings. The van der Waals surface area contributed by atoms with Gasteiger partial charge in [0, 0.05) is 31.2 Å². The standard InChI is InChI=1S/C14H27F3N2/c1-6-13(5)10-18-11(12(2,3)4)9-19(13)8-7-14(15,16)17/h11,18H,6-10H2,1-5H3. The first-order valence-electron chi connectivity index (χ1n) is 7.03. The van der Waals surface area contributed by atoms with Gasteiger partial charge in [0.25, 0.3) is 0 Å². The molecule has 2 nitrogen and oxygen atoms in total. The fourth-order valence-corrected chi connectivity index (χ4v) is 2.51. The van der Waals surface area contributed by atoms with Crippen LogP contribution in [0, 0.1) is 5.41 Å². The Morgan fingerprint density at radius 1 is 1.26 bits per heavy atom. The van der Waals surface area contributed by atoms with Gasteiger partial charge in [0.1, 0.15) is 0 Å². The van der Waals surface area contributed by atoms with Gasteiger partial charge in [-0.25, -0.2) is 0 Å². The number of alkyl halides is 3. The van der Waals surface area contributed by atoms with Gasteiger partial charge in [0.15, 0.2) is 0 Å². The smallest absolute Gasteiger partial charge is 0.310 e. The lowest BCUT2D eigenvalue weighted by Crippen LogP contribution is -2.66. The fourth-order valence-electron chi connectivity index (χ4n) is 2.51. The highest BCUT2D eigenvalue weighted by molar-refractivity contribution is 4.98. The van der Waals surface area contributed by atoms with Crippen LogP contribution in [0.15, 0.2) is 0 Å². The maximum absolute atomic E-state index is 12.5. The van der Waals surface area contributed by atoms with Crippen molar-refractivity contribution in [1.29, 1.82) is 0 Å². The van der Waals surface area contributed by atoms with Gasteiger partial charge in [-0.2, -0.15) is 13.2 Å². The van der Waals surface area contributed by atoms with E-state index in [0.29, 0.717) is 6.54 Å². The van der Waals surface area contributed by atoms with Crippen LogP contribution in [0.5, 0.6) is 0 Å². The van der Waals surface area contributed by atoms with Gasteiger partial charge in [-0.15, -0.1) is 0 Å². The number of nitrogens with one attached hydrogen (secondary N) is 1. The minimum absolute atomic E-state index is 0.0611. The molecule has 1 heterocycles. The van der Waals surface area contributed by atoms with Crippen molar-refractivity contribution in [3.63, 3.8) is 0 Å². The summed E-state index contributed by atoms with van der Waals surface area (Å²) in [6, 6.07) is 0.236. The Bertz CT molecular complexity index is 296. The number of halogens is 3. The Morgan fingerprint density at radius 2 is 1.84 bits per heavy atom. The third-order valence-corrected chi connectivity index (χ3v) is 4.37. The summed E-state index contributed by atoms with van der Waals surface area (Å²) in [5.41, 5.74) is -0.113. The molecule has 2 unspecified atom stereocenters. The zero-order valence-corrected chi connectivity index (χ0v) is 12.7. The molecule has 1 rings (SSSR count). The molecule has 0 radical (unpaired) electrons. The second kappa shape index (κ2) is 5.60. The largest absolute Gasteiger partial charge is 0.390 e. The van der Waals surface area contributed by atoms with Crippen LogP contribution in [-0.4, -0.2) is 42.3 Å². The summed E-state index contributed by atoms with van der Waals surface area (Å²) in [5, 5.41) is 3.50. The summed E-state index contributed by atoms with van der Waals surface area (Å²) in [5.74, 6) is 0. The third-order valence-electron chi connectivity index (χ3n) is 4.37. The van der Waals surface area contributed by atoms with Crippen molar-refractivity contribution in [3.05, 3.63) is 0 Å². The Morgan fingerprint density at radius 3 is 2.26 bits per heavy atom. The lowest BCUT2D eigenvalue weighted by molar-refractivity contribution is -0.143. The summed E-state index contributed by atoms with van der Waals surface area (Å²) in [6.07, 6.45) is -3.94. The first-order chi connectivity index (χ1) is 8.48. The maximum Gasteiger partial charge on any atom is 0.390 e. The highest BCUT2D eigenvalue weighted by atomic mass is 19.4. The van der Waals surface area contributed by atoms with Gasteiger partial charge in [-0.05, 0) is 18.8 Å². The van der Waals surface area contributed by atoms with Crippen molar-refractivity contribution >= 4 is 0 Å². The third kappa shape index (κ3) is 4.63. The zero-order valence-electron chi connectivity index (χ0n) is 12.7. The predicted molar refractivity (Wildman–Crippen MR) is 72.2 cm³/mol. The molecule has 0 spiro atoms. The van der Waals surface area contributed by atoms with E-state index in [1.165, 1.54) is 0 Å². The number of nitrogens with zero attached hydrogens (tertiary/aromatic N) is 1. The number of piperazine rings is 1. The molecule has 0 aromatic heterocycles. The first-order valence-corrected chi connectivity index (χ1v) is 7.03. The molecular formula is C14H27F3N2. The van der Waals surface area contributed by atoms with E-state index in [0.717, 1.165) is 13.0 Å². The number of rotatable bonds is 3. The molecule has 1 aliphatic rings. The van der Waals surface area contributed by atoms with Crippen LogP contribution < -0.4 is 5.32 Å². The summed E-state index contributed by atoms with van der Waals surface area (Å²) < 4.78 is 37.4. The van der Waals surface area contributed by atoms with Crippen LogP contribution in [-0.2, 0) is 0 Å². The zero-order chi connectivity index (χ0) is 14.9. The minimum atomic E-state index is -4.07. The van der Waals surface area contributed by atoms with E-state index in [-0.39, 0.29) is 23.5 Å². The van der Waals surface area contributed by atoms with Crippen molar-refractivity contribution in [2.75, 3.05) is 19.6 Å². The van der Waals surface area contributed by atoms with Crippen LogP contribution >= 0.6 is 0 Å². The van der Waals surface area contributed by atoms with Crippen molar-refractivity contribution in [1.82, 2.24) is 10.2 Å². The minimum Gasteiger partial charge on any atom is -0.310 e. The Labute approximate surface area is 114 Å². The number of hydrogen-bond donors (Lipinski definition) is 1. The maximum atomic E-state index is 12.5. The van der Waals surface area contributed by atoms with Gasteiger partial charge >= 0.3 is 6.18 Å².